The number of nitrogens with zero attached hydrogens (tertiary/aromatic N) is 1. The maximum atomic E-state index is 13.2. The molecule has 32 heavy (non-hydrogen) atoms. The topological polar surface area (TPSA) is 122 Å². The molecule has 0 spiro atoms. The van der Waals surface area contributed by atoms with Crippen molar-refractivity contribution in [1.82, 2.24) is 5.16 Å². The summed E-state index contributed by atoms with van der Waals surface area (Å²) in [5.41, 5.74) is 3.88. The fraction of sp³-hybridized carbons (Fsp3) is 0.333. The number of anilines is 2. The van der Waals surface area contributed by atoms with Crippen LogP contribution in [0.3, 0.4) is 0 Å². The van der Waals surface area contributed by atoms with Crippen LogP contribution in [0.5, 0.6) is 0 Å². The molecule has 0 radical (unpaired) electrons. The zero-order chi connectivity index (χ0) is 23.8. The maximum Gasteiger partial charge on any atom is 0.267 e. The van der Waals surface area contributed by atoms with Crippen LogP contribution < -0.4 is 10.0 Å². The average Bonchev–Trinajstić information content (AvgIpc) is 3.26. The number of carbonyl (C=O) groups is 1. The van der Waals surface area contributed by atoms with Crippen LogP contribution in [0, 0.1) is 27.7 Å². The van der Waals surface area contributed by atoms with Crippen molar-refractivity contribution in [2.75, 3.05) is 16.6 Å². The molecule has 1 amide bonds. The Bertz CT molecular complexity index is 1280. The van der Waals surface area contributed by atoms with Gasteiger partial charge in [0.05, 0.1) is 0 Å². The number of benzene rings is 1. The number of hydrogen-bond acceptors (Lipinski definition) is 7. The highest BCUT2D eigenvalue weighted by atomic mass is 35.5. The summed E-state index contributed by atoms with van der Waals surface area (Å²) in [5, 5.41) is 17.8. The van der Waals surface area contributed by atoms with E-state index >= 15 is 0 Å². The van der Waals surface area contributed by atoms with E-state index in [0.29, 0.717) is 16.9 Å². The highest BCUT2D eigenvalue weighted by molar-refractivity contribution is 7.93. The summed E-state index contributed by atoms with van der Waals surface area (Å²) in [5.74, 6) is -0.994. The third-order valence-electron chi connectivity index (χ3n) is 4.96. The quantitative estimate of drug-likeness (QED) is 0.432. The molecule has 0 bridgehead atoms. The van der Waals surface area contributed by atoms with E-state index in [2.05, 4.69) is 15.2 Å². The summed E-state index contributed by atoms with van der Waals surface area (Å²) in [6.07, 6.45) is 0. The number of aryl methyl sites for hydroxylation is 4. The molecule has 1 atom stereocenters. The zero-order valence-electron chi connectivity index (χ0n) is 18.2. The lowest BCUT2D eigenvalue weighted by Gasteiger charge is -2.19. The summed E-state index contributed by atoms with van der Waals surface area (Å²) in [6.45, 7) is 8.72. The summed E-state index contributed by atoms with van der Waals surface area (Å²) in [7, 11) is -4.18. The largest absolute Gasteiger partial charge is 0.396 e. The molecular formula is C21H24ClN3O5S2. The minimum absolute atomic E-state index is 0.0185. The van der Waals surface area contributed by atoms with Crippen molar-refractivity contribution in [3.05, 3.63) is 55.4 Å². The third-order valence-corrected chi connectivity index (χ3v) is 8.15. The Labute approximate surface area is 195 Å². The SMILES string of the molecule is Cc1cc(C)c(NC(=O)c2scc(C)c2S(=O)(=O)Nc2onc(C)c2Cl)c(C(C)CO)c1. The average molecular weight is 498 g/mol. The number of aromatic nitrogens is 1. The van der Waals surface area contributed by atoms with Crippen molar-refractivity contribution in [2.45, 2.75) is 45.4 Å². The van der Waals surface area contributed by atoms with Gasteiger partial charge in [-0.2, -0.15) is 0 Å². The number of nitrogens with one attached hydrogen (secondary N) is 2. The molecule has 1 aromatic carbocycles. The first-order valence-corrected chi connectivity index (χ1v) is 12.5. The van der Waals surface area contributed by atoms with Gasteiger partial charge in [0, 0.05) is 18.2 Å². The van der Waals surface area contributed by atoms with Crippen molar-refractivity contribution in [2.24, 2.45) is 0 Å². The number of aliphatic hydroxyl groups excluding tert-OH is 1. The van der Waals surface area contributed by atoms with Gasteiger partial charge in [-0.25, -0.2) is 13.1 Å². The first kappa shape index (κ1) is 24.2. The smallest absolute Gasteiger partial charge is 0.267 e. The van der Waals surface area contributed by atoms with Crippen molar-refractivity contribution >= 4 is 50.4 Å². The van der Waals surface area contributed by atoms with Gasteiger partial charge in [-0.15, -0.1) is 11.3 Å². The number of halogens is 1. The monoisotopic (exact) mass is 497 g/mol. The van der Waals surface area contributed by atoms with Gasteiger partial charge in [0.15, 0.2) is 0 Å². The van der Waals surface area contributed by atoms with E-state index in [4.69, 9.17) is 16.1 Å². The van der Waals surface area contributed by atoms with Gasteiger partial charge in [-0.1, -0.05) is 41.4 Å². The molecule has 3 N–H and O–H groups in total. The first-order valence-electron chi connectivity index (χ1n) is 9.72. The molecule has 8 nitrogen and oxygen atoms in total. The van der Waals surface area contributed by atoms with Gasteiger partial charge in [0.25, 0.3) is 21.8 Å². The second-order valence-corrected chi connectivity index (χ2v) is 10.6. The molecule has 0 aliphatic rings. The van der Waals surface area contributed by atoms with E-state index in [0.717, 1.165) is 28.0 Å². The van der Waals surface area contributed by atoms with Crippen molar-refractivity contribution < 1.29 is 22.8 Å². The maximum absolute atomic E-state index is 13.2. The van der Waals surface area contributed by atoms with E-state index in [1.54, 1.807) is 19.2 Å². The van der Waals surface area contributed by atoms with Crippen LogP contribution in [0.1, 0.15) is 50.5 Å². The van der Waals surface area contributed by atoms with Crippen molar-refractivity contribution in [1.29, 1.82) is 0 Å². The molecule has 0 aliphatic carbocycles. The Morgan fingerprint density at radius 2 is 1.94 bits per heavy atom. The fourth-order valence-corrected chi connectivity index (χ4v) is 6.21. The molecule has 0 aliphatic heterocycles. The molecule has 0 fully saturated rings. The van der Waals surface area contributed by atoms with Gasteiger partial charge < -0.3 is 14.9 Å². The normalized spacial score (nSPS) is 12.6. The summed E-state index contributed by atoms with van der Waals surface area (Å²) in [6, 6.07) is 3.81. The van der Waals surface area contributed by atoms with Crippen molar-refractivity contribution in [3.63, 3.8) is 0 Å². The molecule has 0 saturated carbocycles. The molecule has 172 valence electrons. The van der Waals surface area contributed by atoms with Crippen LogP contribution in [-0.4, -0.2) is 31.2 Å². The number of hydrogen-bond donors (Lipinski definition) is 3. The van der Waals surface area contributed by atoms with Crippen molar-refractivity contribution in [3.8, 4) is 0 Å². The number of rotatable bonds is 7. The molecule has 3 aromatic rings. The Balaban J connectivity index is 2.00. The number of carbonyl (C=O) groups excluding carboxylic acids is 1. The van der Waals surface area contributed by atoms with Crippen LogP contribution >= 0.6 is 22.9 Å². The highest BCUT2D eigenvalue weighted by Gasteiger charge is 2.30. The standard InChI is InChI=1S/C21H24ClN3O5S2/c1-10-6-11(2)17(15(7-10)12(3)8-26)23-20(27)18-19(13(4)9-31-18)32(28,29)25-21-16(22)14(5)24-30-21/h6-7,9,12,25-26H,8H2,1-5H3,(H,23,27). The van der Waals surface area contributed by atoms with Gasteiger partial charge in [-0.3, -0.25) is 4.79 Å². The van der Waals surface area contributed by atoms with Crippen LogP contribution in [-0.2, 0) is 10.0 Å². The predicted octanol–water partition coefficient (Wildman–Crippen LogP) is 4.77. The number of amides is 1. The minimum atomic E-state index is -4.18. The molecule has 1 unspecified atom stereocenters. The van der Waals surface area contributed by atoms with E-state index in [1.165, 1.54) is 0 Å². The predicted molar refractivity (Wildman–Crippen MR) is 125 cm³/mol. The van der Waals surface area contributed by atoms with Crippen LogP contribution in [0.15, 0.2) is 26.9 Å². The summed E-state index contributed by atoms with van der Waals surface area (Å²) in [4.78, 5) is 13.1. The van der Waals surface area contributed by atoms with Gasteiger partial charge in [0.2, 0.25) is 0 Å². The third kappa shape index (κ3) is 4.68. The number of aliphatic hydroxyl groups is 1. The second kappa shape index (κ2) is 9.22. The van der Waals surface area contributed by atoms with Gasteiger partial charge in [-0.05, 0) is 49.8 Å². The Hall–Kier alpha value is -2.40. The van der Waals surface area contributed by atoms with Gasteiger partial charge in [0.1, 0.15) is 20.5 Å². The lowest BCUT2D eigenvalue weighted by Crippen LogP contribution is -2.20. The number of thiophene rings is 1. The molecule has 2 aromatic heterocycles. The Kier molecular flexibility index (Phi) is 6.99. The van der Waals surface area contributed by atoms with Gasteiger partial charge >= 0.3 is 0 Å². The minimum Gasteiger partial charge on any atom is -0.396 e. The summed E-state index contributed by atoms with van der Waals surface area (Å²) < 4.78 is 33.4. The fourth-order valence-electron chi connectivity index (χ4n) is 3.35. The molecule has 2 heterocycles. The van der Waals surface area contributed by atoms with Crippen LogP contribution in [0.4, 0.5) is 11.6 Å². The van der Waals surface area contributed by atoms with Crippen LogP contribution in [0.25, 0.3) is 0 Å². The van der Waals surface area contributed by atoms with E-state index in [9.17, 15) is 18.3 Å². The lowest BCUT2D eigenvalue weighted by molar-refractivity contribution is 0.102. The Morgan fingerprint density at radius 1 is 1.25 bits per heavy atom. The second-order valence-electron chi connectivity index (χ2n) is 7.68. The van der Waals surface area contributed by atoms with E-state index < -0.39 is 15.9 Å². The molecule has 0 saturated heterocycles. The van der Waals surface area contributed by atoms with E-state index in [-0.39, 0.29) is 33.2 Å². The highest BCUT2D eigenvalue weighted by Crippen LogP contribution is 2.34. The lowest BCUT2D eigenvalue weighted by atomic mass is 9.95. The van der Waals surface area contributed by atoms with E-state index in [1.807, 2.05) is 32.9 Å². The molecule has 11 heteroatoms. The number of sulfonamides is 1. The molecular weight excluding hydrogens is 474 g/mol. The Morgan fingerprint density at radius 3 is 2.53 bits per heavy atom. The van der Waals surface area contributed by atoms with Crippen LogP contribution in [0.2, 0.25) is 5.02 Å². The summed E-state index contributed by atoms with van der Waals surface area (Å²) >= 11 is 7.06. The zero-order valence-corrected chi connectivity index (χ0v) is 20.6. The molecule has 3 rings (SSSR count). The first-order chi connectivity index (χ1) is 15.0.